The standard InChI is InChI=1S/C26H36N2S/c1-25-11-20-13-26(17-25,22-5-3-2-4-6-22)14-21(12-25)23(20)24(29)28-16-19-9-7-18(15-27)8-10-19/h2-6,16,18-21,23H,7-15,17,27H2,1H3. The number of aliphatic imine (C=N–C) groups is 1. The van der Waals surface area contributed by atoms with Crippen LogP contribution in [0, 0.1) is 35.0 Å². The Balaban J connectivity index is 1.31. The fourth-order valence-corrected chi connectivity index (χ4v) is 8.40. The SMILES string of the molecule is CC12CC3CC(c4ccccc4)(CC(C1)C3C(=S)N=CC1CCC(CN)CC1)C2. The van der Waals surface area contributed by atoms with Gasteiger partial charge in [0.15, 0.2) is 0 Å². The first-order valence-electron chi connectivity index (χ1n) is 11.8. The molecule has 0 saturated heterocycles. The molecule has 0 spiro atoms. The summed E-state index contributed by atoms with van der Waals surface area (Å²) in [6.45, 7) is 3.39. The van der Waals surface area contributed by atoms with E-state index < -0.39 is 0 Å². The van der Waals surface area contributed by atoms with Gasteiger partial charge in [-0.1, -0.05) is 49.5 Å². The summed E-state index contributed by atoms with van der Waals surface area (Å²) in [4.78, 5) is 5.96. The Kier molecular flexibility index (Phi) is 5.19. The Morgan fingerprint density at radius 1 is 1.07 bits per heavy atom. The smallest absolute Gasteiger partial charge is 0.106 e. The van der Waals surface area contributed by atoms with Gasteiger partial charge in [0.2, 0.25) is 0 Å². The third-order valence-corrected chi connectivity index (χ3v) is 9.28. The highest BCUT2D eigenvalue weighted by Gasteiger charge is 2.60. The lowest BCUT2D eigenvalue weighted by atomic mass is 9.40. The van der Waals surface area contributed by atoms with Crippen molar-refractivity contribution in [3.63, 3.8) is 0 Å². The number of rotatable bonds is 4. The minimum atomic E-state index is 0.387. The molecule has 0 radical (unpaired) electrons. The maximum Gasteiger partial charge on any atom is 0.106 e. The van der Waals surface area contributed by atoms with Crippen molar-refractivity contribution in [1.29, 1.82) is 0 Å². The molecule has 156 valence electrons. The van der Waals surface area contributed by atoms with Gasteiger partial charge in [0.25, 0.3) is 0 Å². The lowest BCUT2D eigenvalue weighted by Crippen LogP contribution is -2.58. The second kappa shape index (κ2) is 7.57. The molecule has 5 aliphatic rings. The van der Waals surface area contributed by atoms with Crippen molar-refractivity contribution in [2.24, 2.45) is 45.7 Å². The first-order chi connectivity index (χ1) is 14.0. The van der Waals surface area contributed by atoms with Crippen molar-refractivity contribution in [2.75, 3.05) is 6.54 Å². The van der Waals surface area contributed by atoms with Crippen molar-refractivity contribution in [1.82, 2.24) is 0 Å². The number of nitrogens with two attached hydrogens (primary N) is 1. The zero-order chi connectivity index (χ0) is 20.1. The fraction of sp³-hybridized carbons (Fsp3) is 0.692. The maximum absolute atomic E-state index is 5.97. The molecule has 1 aromatic carbocycles. The number of nitrogens with zero attached hydrogens (tertiary/aromatic N) is 1. The van der Waals surface area contributed by atoms with E-state index >= 15 is 0 Å². The van der Waals surface area contributed by atoms with E-state index in [9.17, 15) is 0 Å². The zero-order valence-electron chi connectivity index (χ0n) is 17.9. The second-order valence-electron chi connectivity index (χ2n) is 11.1. The van der Waals surface area contributed by atoms with Crippen molar-refractivity contribution in [3.05, 3.63) is 35.9 Å². The summed E-state index contributed by atoms with van der Waals surface area (Å²) < 4.78 is 0. The second-order valence-corrected chi connectivity index (χ2v) is 11.5. The van der Waals surface area contributed by atoms with Gasteiger partial charge >= 0.3 is 0 Å². The van der Waals surface area contributed by atoms with E-state index in [0.29, 0.717) is 22.7 Å². The molecular formula is C26H36N2S. The molecule has 2 atom stereocenters. The lowest BCUT2D eigenvalue weighted by Gasteiger charge is -2.64. The number of hydrogen-bond acceptors (Lipinski definition) is 2. The molecule has 5 saturated carbocycles. The molecule has 0 aliphatic heterocycles. The highest BCUT2D eigenvalue weighted by atomic mass is 32.1. The zero-order valence-corrected chi connectivity index (χ0v) is 18.7. The van der Waals surface area contributed by atoms with Gasteiger partial charge in [0.1, 0.15) is 4.99 Å². The van der Waals surface area contributed by atoms with Gasteiger partial charge in [-0.15, -0.1) is 0 Å². The predicted octanol–water partition coefficient (Wildman–Crippen LogP) is 5.93. The van der Waals surface area contributed by atoms with Crippen molar-refractivity contribution < 1.29 is 0 Å². The average Bonchev–Trinajstić information content (AvgIpc) is 2.72. The lowest BCUT2D eigenvalue weighted by molar-refractivity contribution is -0.0821. The summed E-state index contributed by atoms with van der Waals surface area (Å²) in [5, 5.41) is 0. The minimum Gasteiger partial charge on any atom is -0.330 e. The van der Waals surface area contributed by atoms with Crippen LogP contribution in [0.5, 0.6) is 0 Å². The molecule has 4 bridgehead atoms. The van der Waals surface area contributed by atoms with Crippen LogP contribution in [0.1, 0.15) is 70.3 Å². The average molecular weight is 409 g/mol. The van der Waals surface area contributed by atoms with Crippen molar-refractivity contribution >= 4 is 23.4 Å². The molecule has 3 heteroatoms. The van der Waals surface area contributed by atoms with Crippen LogP contribution in [0.15, 0.2) is 35.3 Å². The van der Waals surface area contributed by atoms with Gasteiger partial charge in [-0.3, -0.25) is 4.99 Å². The molecule has 1 aromatic rings. The fourth-order valence-electron chi connectivity index (χ4n) is 7.95. The molecule has 0 heterocycles. The number of hydrogen-bond donors (Lipinski definition) is 1. The van der Waals surface area contributed by atoms with Crippen LogP contribution in [0.3, 0.4) is 0 Å². The first kappa shape index (κ1) is 19.9. The quantitative estimate of drug-likeness (QED) is 0.495. The highest BCUT2D eigenvalue weighted by molar-refractivity contribution is 7.80. The molecule has 2 N–H and O–H groups in total. The molecular weight excluding hydrogens is 372 g/mol. The van der Waals surface area contributed by atoms with Gasteiger partial charge in [0, 0.05) is 12.1 Å². The normalized spacial score (nSPS) is 43.7. The molecule has 0 amide bonds. The number of benzene rings is 1. The third-order valence-electron chi connectivity index (χ3n) is 8.91. The Morgan fingerprint density at radius 3 is 2.34 bits per heavy atom. The van der Waals surface area contributed by atoms with E-state index in [1.807, 2.05) is 0 Å². The van der Waals surface area contributed by atoms with E-state index in [2.05, 4.69) is 43.5 Å². The summed E-state index contributed by atoms with van der Waals surface area (Å²) in [6, 6.07) is 11.4. The van der Waals surface area contributed by atoms with Crippen LogP contribution in [0.2, 0.25) is 0 Å². The third kappa shape index (κ3) is 3.63. The van der Waals surface area contributed by atoms with Gasteiger partial charge in [-0.2, -0.15) is 0 Å². The van der Waals surface area contributed by atoms with Gasteiger partial charge in [-0.25, -0.2) is 0 Å². The summed E-state index contributed by atoms with van der Waals surface area (Å²) in [5.41, 5.74) is 8.30. The number of thiocarbonyl (C=S) groups is 1. The summed E-state index contributed by atoms with van der Waals surface area (Å²) in [7, 11) is 0. The van der Waals surface area contributed by atoms with Gasteiger partial charge in [0.05, 0.1) is 0 Å². The maximum atomic E-state index is 5.97. The molecule has 5 fully saturated rings. The topological polar surface area (TPSA) is 38.4 Å². The molecule has 29 heavy (non-hydrogen) atoms. The Labute approximate surface area is 181 Å². The Bertz CT molecular complexity index is 761. The van der Waals surface area contributed by atoms with E-state index in [-0.39, 0.29) is 0 Å². The van der Waals surface area contributed by atoms with Crippen LogP contribution < -0.4 is 5.73 Å². The first-order valence-corrected chi connectivity index (χ1v) is 12.2. The highest BCUT2D eigenvalue weighted by Crippen LogP contribution is 2.67. The van der Waals surface area contributed by atoms with Crippen molar-refractivity contribution in [2.45, 2.75) is 70.1 Å². The molecule has 2 unspecified atom stereocenters. The Morgan fingerprint density at radius 2 is 1.72 bits per heavy atom. The van der Waals surface area contributed by atoms with Crippen LogP contribution in [-0.4, -0.2) is 17.7 Å². The Hall–Kier alpha value is -1.06. The van der Waals surface area contributed by atoms with Crippen molar-refractivity contribution in [3.8, 4) is 0 Å². The van der Waals surface area contributed by atoms with E-state index in [1.165, 1.54) is 57.8 Å². The summed E-state index contributed by atoms with van der Waals surface area (Å²) >= 11 is 5.97. The largest absolute Gasteiger partial charge is 0.330 e. The summed E-state index contributed by atoms with van der Waals surface area (Å²) in [6.07, 6.45) is 13.9. The molecule has 2 nitrogen and oxygen atoms in total. The molecule has 6 rings (SSSR count). The minimum absolute atomic E-state index is 0.387. The van der Waals surface area contributed by atoms with Crippen LogP contribution >= 0.6 is 12.2 Å². The van der Waals surface area contributed by atoms with E-state index in [1.54, 1.807) is 5.56 Å². The van der Waals surface area contributed by atoms with E-state index in [4.69, 9.17) is 22.9 Å². The van der Waals surface area contributed by atoms with Crippen LogP contribution in [0.4, 0.5) is 0 Å². The van der Waals surface area contributed by atoms with Gasteiger partial charge in [-0.05, 0) is 104 Å². The predicted molar refractivity (Wildman–Crippen MR) is 125 cm³/mol. The van der Waals surface area contributed by atoms with Gasteiger partial charge < -0.3 is 5.73 Å². The molecule has 0 aromatic heterocycles. The monoisotopic (exact) mass is 408 g/mol. The van der Waals surface area contributed by atoms with Crippen LogP contribution in [0.25, 0.3) is 0 Å². The molecule has 5 aliphatic carbocycles. The van der Waals surface area contributed by atoms with E-state index in [0.717, 1.165) is 29.3 Å². The summed E-state index contributed by atoms with van der Waals surface area (Å²) in [5.74, 6) is 3.32. The van der Waals surface area contributed by atoms with Crippen LogP contribution in [-0.2, 0) is 5.41 Å².